The third-order valence-electron chi connectivity index (χ3n) is 1.81. The highest BCUT2D eigenvalue weighted by atomic mass is 16.3. The van der Waals surface area contributed by atoms with Gasteiger partial charge in [0.05, 0.1) is 6.10 Å². The van der Waals surface area contributed by atoms with Crippen molar-refractivity contribution in [2.45, 2.75) is 32.3 Å². The molecule has 1 N–H and O–H groups in total. The Labute approximate surface area is 56.4 Å². The lowest BCUT2D eigenvalue weighted by Crippen LogP contribution is -2.08. The van der Waals surface area contributed by atoms with Crippen molar-refractivity contribution in [1.82, 2.24) is 0 Å². The molecule has 0 heterocycles. The van der Waals surface area contributed by atoms with Crippen LogP contribution in [0.3, 0.4) is 0 Å². The van der Waals surface area contributed by atoms with Gasteiger partial charge in [-0.1, -0.05) is 18.6 Å². The molecule has 1 nitrogen and oxygen atoms in total. The van der Waals surface area contributed by atoms with Gasteiger partial charge >= 0.3 is 0 Å². The van der Waals surface area contributed by atoms with E-state index in [1.807, 2.05) is 6.08 Å². The molecule has 1 aliphatic carbocycles. The lowest BCUT2D eigenvalue weighted by molar-refractivity contribution is 0.242. The van der Waals surface area contributed by atoms with Crippen molar-refractivity contribution in [3.8, 4) is 0 Å². The van der Waals surface area contributed by atoms with Crippen LogP contribution in [0.1, 0.15) is 26.2 Å². The number of aliphatic hydroxyl groups is 1. The zero-order chi connectivity index (χ0) is 6.69. The van der Waals surface area contributed by atoms with Crippen LogP contribution in [-0.4, -0.2) is 11.2 Å². The number of aliphatic hydroxyl groups excluding tert-OH is 1. The minimum absolute atomic E-state index is 0.259. The van der Waals surface area contributed by atoms with Crippen LogP contribution in [0.2, 0.25) is 0 Å². The van der Waals surface area contributed by atoms with Crippen LogP contribution in [0.25, 0.3) is 0 Å². The van der Waals surface area contributed by atoms with Gasteiger partial charge < -0.3 is 5.11 Å². The molecule has 1 rings (SSSR count). The second kappa shape index (κ2) is 3.02. The van der Waals surface area contributed by atoms with Gasteiger partial charge in [0.15, 0.2) is 0 Å². The van der Waals surface area contributed by atoms with Gasteiger partial charge in [-0.3, -0.25) is 0 Å². The van der Waals surface area contributed by atoms with Crippen LogP contribution < -0.4 is 0 Å². The van der Waals surface area contributed by atoms with Crippen molar-refractivity contribution in [1.29, 1.82) is 0 Å². The highest BCUT2D eigenvalue weighted by Crippen LogP contribution is 2.27. The Morgan fingerprint density at radius 3 is 2.56 bits per heavy atom. The van der Waals surface area contributed by atoms with Crippen LogP contribution in [0.15, 0.2) is 12.2 Å². The monoisotopic (exact) mass is 126 g/mol. The first-order chi connectivity index (χ1) is 4.29. The van der Waals surface area contributed by atoms with Gasteiger partial charge in [0.2, 0.25) is 0 Å². The first-order valence-corrected chi connectivity index (χ1v) is 3.65. The molecule has 0 bridgehead atoms. The van der Waals surface area contributed by atoms with Gasteiger partial charge in [-0.25, -0.2) is 0 Å². The molecule has 1 aliphatic rings. The molecule has 9 heavy (non-hydrogen) atoms. The molecule has 1 atom stereocenters. The summed E-state index contributed by atoms with van der Waals surface area (Å²) in [5, 5.41) is 8.83. The quantitative estimate of drug-likeness (QED) is 0.558. The number of hydrogen-bond donors (Lipinski definition) is 1. The van der Waals surface area contributed by atoms with Gasteiger partial charge in [0.1, 0.15) is 0 Å². The Morgan fingerprint density at radius 2 is 2.22 bits per heavy atom. The fourth-order valence-electron chi connectivity index (χ4n) is 0.950. The Hall–Kier alpha value is -0.300. The van der Waals surface area contributed by atoms with Crippen LogP contribution in [0.5, 0.6) is 0 Å². The van der Waals surface area contributed by atoms with Crippen molar-refractivity contribution < 1.29 is 5.11 Å². The molecular formula is C8H14O. The van der Waals surface area contributed by atoms with Crippen LogP contribution in [-0.2, 0) is 0 Å². The molecule has 0 spiro atoms. The van der Waals surface area contributed by atoms with E-state index in [-0.39, 0.29) is 6.10 Å². The van der Waals surface area contributed by atoms with E-state index >= 15 is 0 Å². The topological polar surface area (TPSA) is 20.2 Å². The van der Waals surface area contributed by atoms with Gasteiger partial charge in [0, 0.05) is 0 Å². The lowest BCUT2D eigenvalue weighted by Gasteiger charge is -2.21. The van der Waals surface area contributed by atoms with E-state index in [0.29, 0.717) is 0 Å². The minimum atomic E-state index is -0.259. The van der Waals surface area contributed by atoms with Crippen molar-refractivity contribution in [3.05, 3.63) is 12.2 Å². The minimum Gasteiger partial charge on any atom is -0.389 e. The van der Waals surface area contributed by atoms with Gasteiger partial charge in [-0.05, 0) is 25.7 Å². The van der Waals surface area contributed by atoms with Crippen molar-refractivity contribution in [2.75, 3.05) is 0 Å². The van der Waals surface area contributed by atoms with E-state index in [4.69, 9.17) is 5.11 Å². The third kappa shape index (κ3) is 2.19. The first kappa shape index (κ1) is 6.81. The van der Waals surface area contributed by atoms with Gasteiger partial charge in [-0.15, -0.1) is 0 Å². The maximum absolute atomic E-state index is 8.83. The highest BCUT2D eigenvalue weighted by molar-refractivity contribution is 4.94. The third-order valence-corrected chi connectivity index (χ3v) is 1.81. The molecule has 0 aliphatic heterocycles. The smallest absolute Gasteiger partial charge is 0.0692 e. The summed E-state index contributed by atoms with van der Waals surface area (Å²) >= 11 is 0. The van der Waals surface area contributed by atoms with E-state index in [2.05, 4.69) is 6.08 Å². The average Bonchev–Trinajstić information content (AvgIpc) is 1.60. The van der Waals surface area contributed by atoms with Gasteiger partial charge in [0.25, 0.3) is 0 Å². The molecule has 1 heteroatoms. The first-order valence-electron chi connectivity index (χ1n) is 3.65. The molecule has 52 valence electrons. The van der Waals surface area contributed by atoms with Crippen molar-refractivity contribution >= 4 is 0 Å². The highest BCUT2D eigenvalue weighted by Gasteiger charge is 2.13. The van der Waals surface area contributed by atoms with Crippen LogP contribution in [0.4, 0.5) is 0 Å². The zero-order valence-electron chi connectivity index (χ0n) is 5.88. The SMILES string of the molecule is CC(O)/C=C/C1CCC1. The number of allylic oxidation sites excluding steroid dienone is 1. The largest absolute Gasteiger partial charge is 0.389 e. The van der Waals surface area contributed by atoms with E-state index in [1.165, 1.54) is 19.3 Å². The fraction of sp³-hybridized carbons (Fsp3) is 0.750. The molecule has 0 amide bonds. The zero-order valence-corrected chi connectivity index (χ0v) is 5.88. The predicted molar refractivity (Wildman–Crippen MR) is 38.2 cm³/mol. The van der Waals surface area contributed by atoms with E-state index < -0.39 is 0 Å². The summed E-state index contributed by atoms with van der Waals surface area (Å²) in [6.07, 6.45) is 7.77. The summed E-state index contributed by atoms with van der Waals surface area (Å²) in [5.74, 6) is 0.777. The molecule has 0 aromatic rings. The molecule has 1 saturated carbocycles. The summed E-state index contributed by atoms with van der Waals surface area (Å²) in [6, 6.07) is 0. The number of rotatable bonds is 2. The average molecular weight is 126 g/mol. The Bertz CT molecular complexity index is 101. The standard InChI is InChI=1S/C8H14O/c1-7(9)5-6-8-3-2-4-8/h5-9H,2-4H2,1H3/b6-5+. The predicted octanol–water partition coefficient (Wildman–Crippen LogP) is 1.72. The van der Waals surface area contributed by atoms with Crippen molar-refractivity contribution in [3.63, 3.8) is 0 Å². The Kier molecular flexibility index (Phi) is 2.29. The summed E-state index contributed by atoms with van der Waals surface area (Å²) in [5.41, 5.74) is 0. The Morgan fingerprint density at radius 1 is 1.56 bits per heavy atom. The Balaban J connectivity index is 2.14. The van der Waals surface area contributed by atoms with Crippen LogP contribution in [0, 0.1) is 5.92 Å². The van der Waals surface area contributed by atoms with Gasteiger partial charge in [-0.2, -0.15) is 0 Å². The summed E-state index contributed by atoms with van der Waals surface area (Å²) in [7, 11) is 0. The number of hydrogen-bond acceptors (Lipinski definition) is 1. The molecule has 0 aromatic carbocycles. The maximum Gasteiger partial charge on any atom is 0.0692 e. The summed E-state index contributed by atoms with van der Waals surface area (Å²) < 4.78 is 0. The summed E-state index contributed by atoms with van der Waals surface area (Å²) in [4.78, 5) is 0. The second-order valence-corrected chi connectivity index (χ2v) is 2.82. The molecular weight excluding hydrogens is 112 g/mol. The molecule has 1 fully saturated rings. The van der Waals surface area contributed by atoms with E-state index in [1.54, 1.807) is 6.92 Å². The normalized spacial score (nSPS) is 24.2. The second-order valence-electron chi connectivity index (χ2n) is 2.82. The maximum atomic E-state index is 8.83. The fourth-order valence-corrected chi connectivity index (χ4v) is 0.950. The molecule has 1 unspecified atom stereocenters. The molecule has 0 saturated heterocycles. The van der Waals surface area contributed by atoms with E-state index in [9.17, 15) is 0 Å². The summed E-state index contributed by atoms with van der Waals surface area (Å²) in [6.45, 7) is 1.79. The molecule has 0 aromatic heterocycles. The lowest BCUT2D eigenvalue weighted by atomic mass is 9.85. The molecule has 0 radical (unpaired) electrons. The van der Waals surface area contributed by atoms with Crippen LogP contribution >= 0.6 is 0 Å². The van der Waals surface area contributed by atoms with E-state index in [0.717, 1.165) is 5.92 Å². The van der Waals surface area contributed by atoms with Crippen molar-refractivity contribution in [2.24, 2.45) is 5.92 Å².